The Hall–Kier alpha value is -2.33. The van der Waals surface area contributed by atoms with Gasteiger partial charge in [0.05, 0.1) is 6.54 Å². The molecule has 3 heterocycles. The van der Waals surface area contributed by atoms with E-state index in [1.807, 2.05) is 30.5 Å². The van der Waals surface area contributed by atoms with Gasteiger partial charge in [-0.3, -0.25) is 4.99 Å². The molecule has 1 fully saturated rings. The molecule has 31 heavy (non-hydrogen) atoms. The van der Waals surface area contributed by atoms with Crippen LogP contribution in [-0.2, 0) is 13.1 Å². The maximum Gasteiger partial charge on any atom is 0.191 e. The zero-order valence-electron chi connectivity index (χ0n) is 18.4. The van der Waals surface area contributed by atoms with E-state index in [9.17, 15) is 0 Å². The van der Waals surface area contributed by atoms with E-state index in [-0.39, 0.29) is 24.0 Å². The van der Waals surface area contributed by atoms with Crippen molar-refractivity contribution in [3.05, 3.63) is 59.5 Å². The number of pyridine rings is 1. The van der Waals surface area contributed by atoms with Crippen LogP contribution >= 0.6 is 24.0 Å². The number of para-hydroxylation sites is 1. The molecule has 3 aromatic rings. The molecule has 0 spiro atoms. The molecule has 0 unspecified atom stereocenters. The van der Waals surface area contributed by atoms with Crippen LogP contribution in [0, 0.1) is 6.92 Å². The lowest BCUT2D eigenvalue weighted by Gasteiger charge is -2.33. The fraction of sp³-hybridized carbons (Fsp3) is 0.391. The molecule has 1 aliphatic heterocycles. The van der Waals surface area contributed by atoms with Gasteiger partial charge in [-0.25, -0.2) is 4.98 Å². The molecular formula is C23H31IN6O. The highest BCUT2D eigenvalue weighted by atomic mass is 127. The van der Waals surface area contributed by atoms with Crippen LogP contribution in [0.1, 0.15) is 16.9 Å². The number of aryl methyl sites for hydroxylation is 1. The van der Waals surface area contributed by atoms with Crippen molar-refractivity contribution in [2.75, 3.05) is 45.2 Å². The highest BCUT2D eigenvalue weighted by Crippen LogP contribution is 2.24. The normalized spacial score (nSPS) is 15.1. The molecule has 166 valence electrons. The number of aromatic nitrogens is 1. The third kappa shape index (κ3) is 5.68. The molecule has 0 atom stereocenters. The number of fused-ring (bicyclic) bond motifs is 1. The van der Waals surface area contributed by atoms with Gasteiger partial charge in [0.1, 0.15) is 17.2 Å². The van der Waals surface area contributed by atoms with E-state index in [1.54, 1.807) is 7.05 Å². The highest BCUT2D eigenvalue weighted by molar-refractivity contribution is 14.0. The van der Waals surface area contributed by atoms with Crippen LogP contribution in [0.2, 0.25) is 0 Å². The lowest BCUT2D eigenvalue weighted by Crippen LogP contribution is -2.44. The summed E-state index contributed by atoms with van der Waals surface area (Å²) in [5, 5.41) is 7.90. The summed E-state index contributed by atoms with van der Waals surface area (Å²) in [5.74, 6) is 2.72. The minimum absolute atomic E-state index is 0. The average molecular weight is 534 g/mol. The molecule has 0 amide bonds. The largest absolute Gasteiger partial charge is 0.459 e. The zero-order valence-corrected chi connectivity index (χ0v) is 20.7. The van der Waals surface area contributed by atoms with Crippen LogP contribution in [0.25, 0.3) is 11.0 Å². The first-order chi connectivity index (χ1) is 14.6. The summed E-state index contributed by atoms with van der Waals surface area (Å²) in [5.41, 5.74) is 3.27. The highest BCUT2D eigenvalue weighted by Gasteiger charge is 2.15. The summed E-state index contributed by atoms with van der Waals surface area (Å²) in [6.07, 6.45) is 1.89. The molecule has 7 nitrogen and oxygen atoms in total. The predicted molar refractivity (Wildman–Crippen MR) is 137 cm³/mol. The van der Waals surface area contributed by atoms with Crippen molar-refractivity contribution in [3.8, 4) is 0 Å². The second kappa shape index (κ2) is 10.8. The first kappa shape index (κ1) is 23.3. The summed E-state index contributed by atoms with van der Waals surface area (Å²) in [6, 6.07) is 12.3. The van der Waals surface area contributed by atoms with Crippen molar-refractivity contribution in [2.45, 2.75) is 20.0 Å². The Labute approximate surface area is 200 Å². The second-order valence-electron chi connectivity index (χ2n) is 7.74. The van der Waals surface area contributed by atoms with Gasteiger partial charge in [-0.15, -0.1) is 24.0 Å². The monoisotopic (exact) mass is 534 g/mol. The lowest BCUT2D eigenvalue weighted by molar-refractivity contribution is 0.312. The van der Waals surface area contributed by atoms with E-state index in [2.05, 4.69) is 56.5 Å². The summed E-state index contributed by atoms with van der Waals surface area (Å²) < 4.78 is 5.98. The first-order valence-corrected chi connectivity index (χ1v) is 10.4. The number of halogens is 1. The Kier molecular flexibility index (Phi) is 8.14. The minimum atomic E-state index is 0. The number of anilines is 1. The van der Waals surface area contributed by atoms with Gasteiger partial charge in [-0.05, 0) is 37.7 Å². The summed E-state index contributed by atoms with van der Waals surface area (Å²) in [4.78, 5) is 13.6. The number of nitrogens with one attached hydrogen (secondary N) is 2. The molecule has 4 rings (SSSR count). The molecule has 0 radical (unpaired) electrons. The standard InChI is InChI=1S/C23H30N6O.HI/c1-17-19-6-4-5-7-20(19)30-21(17)16-27-23(24-2)26-15-18-8-9-25-22(14-18)29-12-10-28(3)11-13-29;/h4-9,14H,10-13,15-16H2,1-3H3,(H2,24,26,27);1H. The van der Waals surface area contributed by atoms with E-state index >= 15 is 0 Å². The van der Waals surface area contributed by atoms with Gasteiger partial charge in [0.25, 0.3) is 0 Å². The predicted octanol–water partition coefficient (Wildman–Crippen LogP) is 3.37. The molecule has 0 bridgehead atoms. The van der Waals surface area contributed by atoms with E-state index < -0.39 is 0 Å². The number of guanidine groups is 1. The number of nitrogens with zero attached hydrogens (tertiary/aromatic N) is 4. The summed E-state index contributed by atoms with van der Waals surface area (Å²) >= 11 is 0. The van der Waals surface area contributed by atoms with E-state index in [0.717, 1.165) is 54.7 Å². The quantitative estimate of drug-likeness (QED) is 0.297. The number of hydrogen-bond donors (Lipinski definition) is 2. The molecule has 2 N–H and O–H groups in total. The van der Waals surface area contributed by atoms with Crippen molar-refractivity contribution in [1.29, 1.82) is 0 Å². The molecular weight excluding hydrogens is 503 g/mol. The number of hydrogen-bond acceptors (Lipinski definition) is 5. The Morgan fingerprint density at radius 1 is 1.10 bits per heavy atom. The minimum Gasteiger partial charge on any atom is -0.459 e. The van der Waals surface area contributed by atoms with Crippen molar-refractivity contribution >= 4 is 46.7 Å². The third-order valence-electron chi connectivity index (χ3n) is 5.68. The Morgan fingerprint density at radius 2 is 1.84 bits per heavy atom. The van der Waals surface area contributed by atoms with Crippen LogP contribution in [-0.4, -0.2) is 56.1 Å². The first-order valence-electron chi connectivity index (χ1n) is 10.4. The van der Waals surface area contributed by atoms with E-state index in [1.165, 1.54) is 11.1 Å². The summed E-state index contributed by atoms with van der Waals surface area (Å²) in [7, 11) is 3.94. The maximum absolute atomic E-state index is 5.98. The summed E-state index contributed by atoms with van der Waals surface area (Å²) in [6.45, 7) is 7.53. The van der Waals surface area contributed by atoms with Gasteiger partial charge in [0, 0.05) is 56.9 Å². The van der Waals surface area contributed by atoms with Gasteiger partial charge in [-0.1, -0.05) is 18.2 Å². The van der Waals surface area contributed by atoms with Crippen molar-refractivity contribution in [1.82, 2.24) is 20.5 Å². The average Bonchev–Trinajstić information content (AvgIpc) is 3.10. The molecule has 1 saturated heterocycles. The van der Waals surface area contributed by atoms with Crippen molar-refractivity contribution in [2.24, 2.45) is 4.99 Å². The van der Waals surface area contributed by atoms with Gasteiger partial charge < -0.3 is 24.9 Å². The molecule has 1 aliphatic rings. The topological polar surface area (TPSA) is 68.9 Å². The van der Waals surface area contributed by atoms with Crippen LogP contribution in [0.5, 0.6) is 0 Å². The van der Waals surface area contributed by atoms with Crippen molar-refractivity contribution < 1.29 is 4.42 Å². The fourth-order valence-corrected chi connectivity index (χ4v) is 3.74. The number of benzene rings is 1. The Balaban J connectivity index is 0.00000272. The molecule has 8 heteroatoms. The van der Waals surface area contributed by atoms with Crippen LogP contribution < -0.4 is 15.5 Å². The Bertz CT molecular complexity index is 1030. The van der Waals surface area contributed by atoms with Crippen LogP contribution in [0.3, 0.4) is 0 Å². The fourth-order valence-electron chi connectivity index (χ4n) is 3.74. The van der Waals surface area contributed by atoms with Gasteiger partial charge >= 0.3 is 0 Å². The number of piperazine rings is 1. The van der Waals surface area contributed by atoms with Crippen LogP contribution in [0.4, 0.5) is 5.82 Å². The van der Waals surface area contributed by atoms with Gasteiger partial charge in [-0.2, -0.15) is 0 Å². The van der Waals surface area contributed by atoms with Crippen LogP contribution in [0.15, 0.2) is 52.0 Å². The third-order valence-corrected chi connectivity index (χ3v) is 5.68. The molecule has 0 aliphatic carbocycles. The molecule has 1 aromatic carbocycles. The SMILES string of the molecule is CN=C(NCc1ccnc(N2CCN(C)CC2)c1)NCc1oc2ccccc2c1C.I. The van der Waals surface area contributed by atoms with E-state index in [4.69, 9.17) is 4.42 Å². The van der Waals surface area contributed by atoms with E-state index in [0.29, 0.717) is 13.1 Å². The number of likely N-dealkylation sites (N-methyl/N-ethyl adjacent to an activating group) is 1. The Morgan fingerprint density at radius 3 is 2.58 bits per heavy atom. The smallest absolute Gasteiger partial charge is 0.191 e. The second-order valence-corrected chi connectivity index (χ2v) is 7.74. The molecule has 2 aromatic heterocycles. The molecule has 0 saturated carbocycles. The lowest BCUT2D eigenvalue weighted by atomic mass is 10.1. The number of rotatable bonds is 5. The zero-order chi connectivity index (χ0) is 20.9. The van der Waals surface area contributed by atoms with Gasteiger partial charge in [0.15, 0.2) is 5.96 Å². The number of furan rings is 1. The van der Waals surface area contributed by atoms with Gasteiger partial charge in [0.2, 0.25) is 0 Å². The maximum atomic E-state index is 5.98. The number of aliphatic imine (C=N–C) groups is 1. The van der Waals surface area contributed by atoms with Crippen molar-refractivity contribution in [3.63, 3.8) is 0 Å².